The van der Waals surface area contributed by atoms with Crippen LogP contribution in [0.2, 0.25) is 0 Å². The fourth-order valence-corrected chi connectivity index (χ4v) is 2.75. The number of hydrogen-bond donors (Lipinski definition) is 1. The third-order valence-corrected chi connectivity index (χ3v) is 4.18. The predicted octanol–water partition coefficient (Wildman–Crippen LogP) is 4.32. The lowest BCUT2D eigenvalue weighted by Gasteiger charge is -2.02. The molecule has 0 aliphatic heterocycles. The Kier molecular flexibility index (Phi) is 5.78. The van der Waals surface area contributed by atoms with E-state index in [1.165, 1.54) is 6.08 Å². The van der Waals surface area contributed by atoms with Crippen LogP contribution in [0.1, 0.15) is 16.8 Å². The molecule has 0 radical (unpaired) electrons. The fraction of sp³-hybridized carbons (Fsp3) is 0. The third kappa shape index (κ3) is 5.09. The first-order chi connectivity index (χ1) is 14.8. The molecular weight excluding hydrogens is 372 g/mol. The van der Waals surface area contributed by atoms with E-state index in [9.17, 15) is 4.79 Å². The summed E-state index contributed by atoms with van der Waals surface area (Å²) in [5, 5.41) is 7.17. The Morgan fingerprint density at radius 1 is 0.967 bits per heavy atom. The highest BCUT2D eigenvalue weighted by Gasteiger charge is 2.01. The van der Waals surface area contributed by atoms with Gasteiger partial charge in [0.1, 0.15) is 5.69 Å². The number of anilines is 1. The van der Waals surface area contributed by atoms with Gasteiger partial charge in [0.25, 0.3) is 0 Å². The van der Waals surface area contributed by atoms with Crippen molar-refractivity contribution in [1.29, 1.82) is 0 Å². The van der Waals surface area contributed by atoms with Gasteiger partial charge in [-0.3, -0.25) is 4.79 Å². The van der Waals surface area contributed by atoms with Crippen molar-refractivity contribution in [3.8, 4) is 17.5 Å². The highest BCUT2D eigenvalue weighted by Crippen LogP contribution is 2.11. The van der Waals surface area contributed by atoms with Crippen molar-refractivity contribution in [1.82, 2.24) is 14.8 Å². The molecule has 0 aliphatic carbocycles. The molecule has 2 aromatic heterocycles. The Bertz CT molecular complexity index is 1230. The van der Waals surface area contributed by atoms with Crippen molar-refractivity contribution in [2.24, 2.45) is 0 Å². The zero-order chi connectivity index (χ0) is 20.6. The Morgan fingerprint density at radius 3 is 2.67 bits per heavy atom. The maximum absolute atomic E-state index is 12.3. The van der Waals surface area contributed by atoms with Gasteiger partial charge in [0.05, 0.1) is 11.9 Å². The molecule has 4 rings (SSSR count). The molecule has 0 spiro atoms. The van der Waals surface area contributed by atoms with E-state index in [0.717, 1.165) is 16.8 Å². The maximum Gasteiger partial charge on any atom is 0.248 e. The highest BCUT2D eigenvalue weighted by atomic mass is 16.1. The summed E-state index contributed by atoms with van der Waals surface area (Å²) in [6.07, 6.45) is 8.50. The monoisotopic (exact) mass is 390 g/mol. The molecule has 5 nitrogen and oxygen atoms in total. The SMILES string of the molecule is O=C(/C=C/c1cnn(-c2ccccc2)c1)Nc1cccc(C#Cc2ccccn2)c1. The standard InChI is InChI=1S/C25H18N4O/c30-25(15-13-21-18-27-29(19-21)24-10-2-1-3-11-24)28-23-9-6-7-20(17-23)12-14-22-8-4-5-16-26-22/h1-11,13,15-19H,(H,28,30)/b15-13+. The van der Waals surface area contributed by atoms with Crippen LogP contribution < -0.4 is 5.32 Å². The van der Waals surface area contributed by atoms with Crippen molar-refractivity contribution in [2.45, 2.75) is 0 Å². The Hall–Kier alpha value is -4.43. The molecule has 144 valence electrons. The van der Waals surface area contributed by atoms with Gasteiger partial charge in [-0.1, -0.05) is 36.3 Å². The minimum atomic E-state index is -0.225. The Labute approximate surface area is 174 Å². The summed E-state index contributed by atoms with van der Waals surface area (Å²) in [5.41, 5.74) is 3.98. The zero-order valence-corrected chi connectivity index (χ0v) is 16.1. The summed E-state index contributed by atoms with van der Waals surface area (Å²) in [4.78, 5) is 16.5. The second kappa shape index (κ2) is 9.18. The molecular formula is C25H18N4O. The first kappa shape index (κ1) is 18.9. The van der Waals surface area contributed by atoms with Crippen molar-refractivity contribution >= 4 is 17.7 Å². The van der Waals surface area contributed by atoms with Gasteiger partial charge >= 0.3 is 0 Å². The van der Waals surface area contributed by atoms with E-state index < -0.39 is 0 Å². The number of nitrogens with one attached hydrogen (secondary N) is 1. The number of rotatable bonds is 4. The second-order valence-corrected chi connectivity index (χ2v) is 6.42. The van der Waals surface area contributed by atoms with Gasteiger partial charge in [-0.05, 0) is 54.5 Å². The largest absolute Gasteiger partial charge is 0.322 e. The molecule has 0 unspecified atom stereocenters. The molecule has 1 N–H and O–H groups in total. The summed E-state index contributed by atoms with van der Waals surface area (Å²) >= 11 is 0. The van der Waals surface area contributed by atoms with Gasteiger partial charge in [0, 0.05) is 35.3 Å². The van der Waals surface area contributed by atoms with Crippen molar-refractivity contribution in [2.75, 3.05) is 5.32 Å². The molecule has 0 atom stereocenters. The van der Waals surface area contributed by atoms with Gasteiger partial charge < -0.3 is 5.32 Å². The van der Waals surface area contributed by atoms with E-state index in [1.807, 2.05) is 79.0 Å². The summed E-state index contributed by atoms with van der Waals surface area (Å²) < 4.78 is 1.77. The zero-order valence-electron chi connectivity index (χ0n) is 16.1. The number of benzene rings is 2. The van der Waals surface area contributed by atoms with E-state index in [2.05, 4.69) is 27.2 Å². The minimum Gasteiger partial charge on any atom is -0.322 e. The van der Waals surface area contributed by atoms with Gasteiger partial charge in [-0.15, -0.1) is 0 Å². The van der Waals surface area contributed by atoms with Crippen LogP contribution in [0.4, 0.5) is 5.69 Å². The van der Waals surface area contributed by atoms with Crippen molar-refractivity contribution in [3.05, 3.63) is 114 Å². The molecule has 0 saturated heterocycles. The number of hydrogen-bond acceptors (Lipinski definition) is 3. The van der Waals surface area contributed by atoms with Gasteiger partial charge in [0.15, 0.2) is 0 Å². The third-order valence-electron chi connectivity index (χ3n) is 4.18. The first-order valence-corrected chi connectivity index (χ1v) is 9.38. The summed E-state index contributed by atoms with van der Waals surface area (Å²) in [5.74, 6) is 5.84. The molecule has 0 bridgehead atoms. The van der Waals surface area contributed by atoms with Crippen LogP contribution in [-0.4, -0.2) is 20.7 Å². The number of aromatic nitrogens is 3. The Balaban J connectivity index is 1.40. The van der Waals surface area contributed by atoms with E-state index in [0.29, 0.717) is 11.4 Å². The first-order valence-electron chi connectivity index (χ1n) is 9.38. The average Bonchev–Trinajstić information content (AvgIpc) is 3.27. The molecule has 5 heteroatoms. The van der Waals surface area contributed by atoms with Crippen LogP contribution in [0.25, 0.3) is 11.8 Å². The summed E-state index contributed by atoms with van der Waals surface area (Å²) in [6.45, 7) is 0. The van der Waals surface area contributed by atoms with Gasteiger partial charge in [-0.25, -0.2) is 9.67 Å². The molecule has 1 amide bonds. The Morgan fingerprint density at radius 2 is 1.83 bits per heavy atom. The van der Waals surface area contributed by atoms with Crippen LogP contribution in [0.5, 0.6) is 0 Å². The molecule has 0 aliphatic rings. The minimum absolute atomic E-state index is 0.225. The highest BCUT2D eigenvalue weighted by molar-refractivity contribution is 6.01. The van der Waals surface area contributed by atoms with Crippen molar-refractivity contribution < 1.29 is 4.79 Å². The quantitative estimate of drug-likeness (QED) is 0.417. The molecule has 2 aromatic carbocycles. The van der Waals surface area contributed by atoms with Crippen LogP contribution >= 0.6 is 0 Å². The van der Waals surface area contributed by atoms with E-state index in [-0.39, 0.29) is 5.91 Å². The van der Waals surface area contributed by atoms with Crippen LogP contribution in [-0.2, 0) is 4.79 Å². The van der Waals surface area contributed by atoms with Gasteiger partial charge in [-0.2, -0.15) is 5.10 Å². The van der Waals surface area contributed by atoms with Crippen LogP contribution in [0.3, 0.4) is 0 Å². The van der Waals surface area contributed by atoms with E-state index in [4.69, 9.17) is 0 Å². The van der Waals surface area contributed by atoms with Crippen LogP contribution in [0, 0.1) is 11.8 Å². The molecule has 4 aromatic rings. The number of carbonyl (C=O) groups excluding carboxylic acids is 1. The predicted molar refractivity (Wildman–Crippen MR) is 118 cm³/mol. The van der Waals surface area contributed by atoms with Gasteiger partial charge in [0.2, 0.25) is 5.91 Å². The lowest BCUT2D eigenvalue weighted by atomic mass is 10.2. The molecule has 0 saturated carbocycles. The maximum atomic E-state index is 12.3. The smallest absolute Gasteiger partial charge is 0.248 e. The number of pyridine rings is 1. The number of para-hydroxylation sites is 1. The van der Waals surface area contributed by atoms with Crippen LogP contribution in [0.15, 0.2) is 97.5 Å². The molecule has 2 heterocycles. The van der Waals surface area contributed by atoms with E-state index >= 15 is 0 Å². The normalized spacial score (nSPS) is 10.4. The summed E-state index contributed by atoms with van der Waals surface area (Å²) in [7, 11) is 0. The number of carbonyl (C=O) groups is 1. The topological polar surface area (TPSA) is 59.8 Å². The lowest BCUT2D eigenvalue weighted by molar-refractivity contribution is -0.111. The number of nitrogens with zero attached hydrogens (tertiary/aromatic N) is 3. The number of amides is 1. The fourth-order valence-electron chi connectivity index (χ4n) is 2.75. The average molecular weight is 390 g/mol. The van der Waals surface area contributed by atoms with E-state index in [1.54, 1.807) is 23.2 Å². The molecule has 0 fully saturated rings. The summed E-state index contributed by atoms with van der Waals surface area (Å²) in [6, 6.07) is 22.8. The second-order valence-electron chi connectivity index (χ2n) is 6.42. The van der Waals surface area contributed by atoms with Crippen molar-refractivity contribution in [3.63, 3.8) is 0 Å². The molecule has 30 heavy (non-hydrogen) atoms. The lowest BCUT2D eigenvalue weighted by Crippen LogP contribution is -2.07.